The fourth-order valence-electron chi connectivity index (χ4n) is 3.53. The van der Waals surface area contributed by atoms with E-state index in [0.29, 0.717) is 31.4 Å². The number of halogens is 1. The van der Waals surface area contributed by atoms with Gasteiger partial charge < -0.3 is 14.1 Å². The van der Waals surface area contributed by atoms with Crippen molar-refractivity contribution >= 4 is 17.7 Å². The van der Waals surface area contributed by atoms with Crippen LogP contribution in [-0.4, -0.2) is 46.1 Å². The van der Waals surface area contributed by atoms with E-state index in [4.69, 9.17) is 9.15 Å². The number of anilines is 1. The van der Waals surface area contributed by atoms with E-state index in [1.807, 2.05) is 18.2 Å². The minimum Gasteiger partial charge on any atom is -0.444 e. The summed E-state index contributed by atoms with van der Waals surface area (Å²) in [6, 6.07) is 16.4. The van der Waals surface area contributed by atoms with E-state index in [1.54, 1.807) is 30.2 Å². The van der Waals surface area contributed by atoms with Crippen molar-refractivity contribution in [3.05, 3.63) is 77.9 Å². The van der Waals surface area contributed by atoms with Crippen LogP contribution in [0.3, 0.4) is 0 Å². The fraction of sp³-hybridized carbons (Fsp3) is 0.261. The molecule has 1 saturated heterocycles. The number of oxazole rings is 1. The first-order valence-electron chi connectivity index (χ1n) is 10.4. The Labute approximate surface area is 189 Å². The van der Waals surface area contributed by atoms with Crippen molar-refractivity contribution in [2.45, 2.75) is 17.5 Å². The first kappa shape index (κ1) is 20.7. The predicted octanol–water partition coefficient (Wildman–Crippen LogP) is 4.25. The lowest BCUT2D eigenvalue weighted by Gasteiger charge is -2.28. The lowest BCUT2D eigenvalue weighted by Crippen LogP contribution is -2.38. The fourth-order valence-corrected chi connectivity index (χ4v) is 4.34. The van der Waals surface area contributed by atoms with Crippen molar-refractivity contribution in [2.75, 3.05) is 31.2 Å². The lowest BCUT2D eigenvalue weighted by molar-refractivity contribution is 0.121. The molecule has 0 atom stereocenters. The van der Waals surface area contributed by atoms with Crippen molar-refractivity contribution in [3.8, 4) is 11.5 Å². The molecule has 7 nitrogen and oxygen atoms in total. The molecule has 0 bridgehead atoms. The standard InChI is InChI=1S/C23H22FN5O2S/c24-19-8-6-18(7-9-19)21-25-20(15-31-21)16-32-23-27-26-22(28-10-12-30-13-11-28)29(23)14-17-4-2-1-3-5-17/h1-9,15H,10-14,16H2. The summed E-state index contributed by atoms with van der Waals surface area (Å²) in [5, 5.41) is 9.78. The highest BCUT2D eigenvalue weighted by atomic mass is 32.2. The highest BCUT2D eigenvalue weighted by Gasteiger charge is 2.21. The molecule has 4 aromatic rings. The average molecular weight is 452 g/mol. The van der Waals surface area contributed by atoms with Gasteiger partial charge in [0.2, 0.25) is 11.8 Å². The molecule has 0 amide bonds. The van der Waals surface area contributed by atoms with Gasteiger partial charge in [0, 0.05) is 24.4 Å². The van der Waals surface area contributed by atoms with Gasteiger partial charge in [-0.05, 0) is 29.8 Å². The van der Waals surface area contributed by atoms with Crippen LogP contribution in [0.5, 0.6) is 0 Å². The van der Waals surface area contributed by atoms with Gasteiger partial charge in [0.05, 0.1) is 25.5 Å². The van der Waals surface area contributed by atoms with Gasteiger partial charge in [-0.2, -0.15) is 0 Å². The number of benzene rings is 2. The number of morpholine rings is 1. The highest BCUT2D eigenvalue weighted by molar-refractivity contribution is 7.98. The molecule has 32 heavy (non-hydrogen) atoms. The van der Waals surface area contributed by atoms with Crippen LogP contribution in [0, 0.1) is 5.82 Å². The summed E-state index contributed by atoms with van der Waals surface area (Å²) in [7, 11) is 0. The molecule has 3 heterocycles. The average Bonchev–Trinajstić information content (AvgIpc) is 3.47. The predicted molar refractivity (Wildman–Crippen MR) is 120 cm³/mol. The summed E-state index contributed by atoms with van der Waals surface area (Å²) in [5.41, 5.74) is 2.71. The first-order chi connectivity index (χ1) is 15.8. The Morgan fingerprint density at radius 2 is 1.75 bits per heavy atom. The number of nitrogens with zero attached hydrogens (tertiary/aromatic N) is 5. The Bertz CT molecular complexity index is 1160. The molecular weight excluding hydrogens is 429 g/mol. The zero-order valence-corrected chi connectivity index (χ0v) is 18.2. The SMILES string of the molecule is Fc1ccc(-c2nc(CSc3nnc(N4CCOCC4)n3Cc3ccccc3)co2)cc1. The maximum atomic E-state index is 13.2. The third kappa shape index (κ3) is 4.68. The van der Waals surface area contributed by atoms with Crippen molar-refractivity contribution < 1.29 is 13.5 Å². The number of rotatable bonds is 7. The summed E-state index contributed by atoms with van der Waals surface area (Å²) in [6.07, 6.45) is 1.63. The minimum absolute atomic E-state index is 0.287. The van der Waals surface area contributed by atoms with Crippen LogP contribution in [0.15, 0.2) is 70.4 Å². The number of hydrogen-bond donors (Lipinski definition) is 0. The first-order valence-corrected chi connectivity index (χ1v) is 11.4. The Morgan fingerprint density at radius 3 is 2.53 bits per heavy atom. The Balaban J connectivity index is 1.35. The zero-order valence-electron chi connectivity index (χ0n) is 17.4. The lowest BCUT2D eigenvalue weighted by atomic mass is 10.2. The number of thioether (sulfide) groups is 1. The van der Waals surface area contributed by atoms with Crippen molar-refractivity contribution in [1.29, 1.82) is 0 Å². The highest BCUT2D eigenvalue weighted by Crippen LogP contribution is 2.28. The van der Waals surface area contributed by atoms with Gasteiger partial charge >= 0.3 is 0 Å². The van der Waals surface area contributed by atoms with E-state index < -0.39 is 0 Å². The Morgan fingerprint density at radius 1 is 0.969 bits per heavy atom. The van der Waals surface area contributed by atoms with Gasteiger partial charge in [-0.15, -0.1) is 10.2 Å². The van der Waals surface area contributed by atoms with Gasteiger partial charge in [-0.25, -0.2) is 9.37 Å². The summed E-state index contributed by atoms with van der Waals surface area (Å²) in [5.74, 6) is 1.62. The third-order valence-corrected chi connectivity index (χ3v) is 6.17. The molecule has 0 radical (unpaired) electrons. The third-order valence-electron chi connectivity index (χ3n) is 5.17. The van der Waals surface area contributed by atoms with E-state index in [2.05, 4.69) is 36.8 Å². The summed E-state index contributed by atoms with van der Waals surface area (Å²) in [4.78, 5) is 6.76. The molecule has 0 saturated carbocycles. The number of aromatic nitrogens is 4. The van der Waals surface area contributed by atoms with Crippen LogP contribution in [-0.2, 0) is 17.0 Å². The molecule has 9 heteroatoms. The van der Waals surface area contributed by atoms with Crippen LogP contribution in [0.25, 0.3) is 11.5 Å². The molecule has 5 rings (SSSR count). The Kier molecular flexibility index (Phi) is 6.17. The van der Waals surface area contributed by atoms with Crippen LogP contribution >= 0.6 is 11.8 Å². The molecule has 1 aliphatic heterocycles. The Hall–Kier alpha value is -3.17. The molecule has 164 valence electrons. The summed E-state index contributed by atoms with van der Waals surface area (Å²) >= 11 is 1.56. The monoisotopic (exact) mass is 451 g/mol. The van der Waals surface area contributed by atoms with Crippen molar-refractivity contribution in [2.24, 2.45) is 0 Å². The maximum Gasteiger partial charge on any atom is 0.228 e. The molecular formula is C23H22FN5O2S. The molecule has 1 aliphatic rings. The molecule has 0 unspecified atom stereocenters. The van der Waals surface area contributed by atoms with Gasteiger partial charge in [0.25, 0.3) is 0 Å². The van der Waals surface area contributed by atoms with E-state index in [1.165, 1.54) is 17.7 Å². The second-order valence-electron chi connectivity index (χ2n) is 7.39. The van der Waals surface area contributed by atoms with Crippen LogP contribution in [0.2, 0.25) is 0 Å². The zero-order chi connectivity index (χ0) is 21.8. The molecule has 0 aliphatic carbocycles. The topological polar surface area (TPSA) is 69.2 Å². The number of ether oxygens (including phenoxy) is 1. The van der Waals surface area contributed by atoms with Crippen molar-refractivity contribution in [1.82, 2.24) is 19.7 Å². The van der Waals surface area contributed by atoms with Gasteiger partial charge in [-0.1, -0.05) is 42.1 Å². The van der Waals surface area contributed by atoms with Crippen molar-refractivity contribution in [3.63, 3.8) is 0 Å². The second kappa shape index (κ2) is 9.54. The molecule has 2 aromatic heterocycles. The minimum atomic E-state index is -0.287. The van der Waals surface area contributed by atoms with E-state index in [0.717, 1.165) is 35.5 Å². The van der Waals surface area contributed by atoms with E-state index >= 15 is 0 Å². The largest absolute Gasteiger partial charge is 0.444 e. The summed E-state index contributed by atoms with van der Waals surface area (Å²) in [6.45, 7) is 3.64. The van der Waals surface area contributed by atoms with Gasteiger partial charge in [0.15, 0.2) is 5.16 Å². The quantitative estimate of drug-likeness (QED) is 0.389. The summed E-state index contributed by atoms with van der Waals surface area (Å²) < 4.78 is 26.4. The molecule has 1 fully saturated rings. The van der Waals surface area contributed by atoms with Gasteiger partial charge in [-0.3, -0.25) is 4.57 Å². The molecule has 2 aromatic carbocycles. The molecule has 0 spiro atoms. The van der Waals surface area contributed by atoms with Gasteiger partial charge in [0.1, 0.15) is 12.1 Å². The van der Waals surface area contributed by atoms with E-state index in [-0.39, 0.29) is 5.82 Å². The van der Waals surface area contributed by atoms with Crippen LogP contribution in [0.4, 0.5) is 10.3 Å². The van der Waals surface area contributed by atoms with Crippen LogP contribution < -0.4 is 4.90 Å². The number of hydrogen-bond acceptors (Lipinski definition) is 7. The normalized spacial score (nSPS) is 14.1. The van der Waals surface area contributed by atoms with Crippen LogP contribution in [0.1, 0.15) is 11.3 Å². The smallest absolute Gasteiger partial charge is 0.228 e. The maximum absolute atomic E-state index is 13.2. The molecule has 0 N–H and O–H groups in total. The second-order valence-corrected chi connectivity index (χ2v) is 8.34. The van der Waals surface area contributed by atoms with E-state index in [9.17, 15) is 4.39 Å².